The molecule has 1 aromatic rings. The maximum atomic E-state index is 12.3. The number of benzene rings is 1. The summed E-state index contributed by atoms with van der Waals surface area (Å²) < 4.78 is 0. The van der Waals surface area contributed by atoms with Crippen LogP contribution in [0.1, 0.15) is 61.4 Å². The number of hydrogen-bond acceptors (Lipinski definition) is 3. The zero-order valence-corrected chi connectivity index (χ0v) is 16.0. The Morgan fingerprint density at radius 3 is 2.48 bits per heavy atom. The van der Waals surface area contributed by atoms with E-state index < -0.39 is 0 Å². The second-order valence-corrected chi connectivity index (χ2v) is 6.81. The molecule has 25 heavy (non-hydrogen) atoms. The van der Waals surface area contributed by atoms with E-state index in [4.69, 9.17) is 5.73 Å². The van der Waals surface area contributed by atoms with Crippen LogP contribution in [0, 0.1) is 5.92 Å². The normalized spacial score (nSPS) is 16.6. The van der Waals surface area contributed by atoms with Crippen molar-refractivity contribution < 1.29 is 9.59 Å². The van der Waals surface area contributed by atoms with E-state index in [-0.39, 0.29) is 30.5 Å². The number of carbonyl (C=O) groups excluding carboxylic acids is 2. The van der Waals surface area contributed by atoms with Crippen molar-refractivity contribution in [1.29, 1.82) is 0 Å². The average molecular weight is 367 g/mol. The van der Waals surface area contributed by atoms with E-state index in [1.807, 2.05) is 29.2 Å². The summed E-state index contributed by atoms with van der Waals surface area (Å²) in [6.07, 6.45) is 6.29. The molecule has 2 rings (SSSR count). The summed E-state index contributed by atoms with van der Waals surface area (Å²) in [7, 11) is 0. The minimum atomic E-state index is 0. The van der Waals surface area contributed by atoms with Crippen molar-refractivity contribution >= 4 is 24.1 Å². The smallest absolute Gasteiger partial charge is 0.223 e. The molecule has 1 aliphatic rings. The van der Waals surface area contributed by atoms with Crippen molar-refractivity contribution in [3.05, 3.63) is 35.4 Å². The largest absolute Gasteiger partial charge is 0.342 e. The number of nitrogens with two attached hydrogens (primary N) is 1. The molecule has 1 fully saturated rings. The molecule has 0 saturated carbocycles. The van der Waals surface area contributed by atoms with Gasteiger partial charge >= 0.3 is 0 Å². The number of ketones is 1. The van der Waals surface area contributed by atoms with E-state index in [1.165, 1.54) is 24.8 Å². The first-order valence-corrected chi connectivity index (χ1v) is 9.24. The Morgan fingerprint density at radius 1 is 1.16 bits per heavy atom. The van der Waals surface area contributed by atoms with Gasteiger partial charge in [0, 0.05) is 31.5 Å². The third-order valence-electron chi connectivity index (χ3n) is 4.88. The van der Waals surface area contributed by atoms with Gasteiger partial charge in [0.25, 0.3) is 0 Å². The molecule has 1 aliphatic heterocycles. The molecule has 0 aliphatic carbocycles. The predicted octanol–water partition coefficient (Wildman–Crippen LogP) is 3.61. The highest BCUT2D eigenvalue weighted by Gasteiger charge is 2.25. The molecule has 1 heterocycles. The molecule has 0 bridgehead atoms. The van der Waals surface area contributed by atoms with Crippen LogP contribution in [0.25, 0.3) is 0 Å². The van der Waals surface area contributed by atoms with Crippen molar-refractivity contribution in [2.24, 2.45) is 11.7 Å². The number of aryl methyl sites for hydroxylation is 1. The zero-order chi connectivity index (χ0) is 17.4. The van der Waals surface area contributed by atoms with E-state index in [9.17, 15) is 9.59 Å². The van der Waals surface area contributed by atoms with E-state index in [0.717, 1.165) is 25.9 Å². The lowest BCUT2D eigenvalue weighted by atomic mass is 10.0. The van der Waals surface area contributed by atoms with Crippen LogP contribution in [0.4, 0.5) is 0 Å². The Balaban J connectivity index is 0.00000312. The van der Waals surface area contributed by atoms with Gasteiger partial charge < -0.3 is 10.6 Å². The summed E-state index contributed by atoms with van der Waals surface area (Å²) in [5, 5.41) is 0. The number of likely N-dealkylation sites (tertiary alicyclic amines) is 1. The number of hydrogen-bond donors (Lipinski definition) is 1. The molecule has 1 unspecified atom stereocenters. The fourth-order valence-electron chi connectivity index (χ4n) is 3.21. The van der Waals surface area contributed by atoms with Gasteiger partial charge in [-0.2, -0.15) is 0 Å². The van der Waals surface area contributed by atoms with Gasteiger partial charge in [-0.3, -0.25) is 9.59 Å². The molecular formula is C20H31ClN2O2. The third-order valence-corrected chi connectivity index (χ3v) is 4.88. The summed E-state index contributed by atoms with van der Waals surface area (Å²) in [6.45, 7) is 4.35. The molecular weight excluding hydrogens is 336 g/mol. The van der Waals surface area contributed by atoms with E-state index in [0.29, 0.717) is 24.4 Å². The third kappa shape index (κ3) is 6.79. The monoisotopic (exact) mass is 366 g/mol. The van der Waals surface area contributed by atoms with Gasteiger partial charge in [-0.05, 0) is 37.3 Å². The lowest BCUT2D eigenvalue weighted by Gasteiger charge is -2.16. The number of Topliss-reactive ketones (excluding diaryl/α,β-unsaturated/α-hetero) is 1. The van der Waals surface area contributed by atoms with E-state index in [1.54, 1.807) is 0 Å². The first kappa shape index (κ1) is 21.7. The molecule has 5 heteroatoms. The van der Waals surface area contributed by atoms with E-state index in [2.05, 4.69) is 6.92 Å². The quantitative estimate of drug-likeness (QED) is 0.536. The molecule has 0 radical (unpaired) electrons. The van der Waals surface area contributed by atoms with Crippen molar-refractivity contribution in [3.63, 3.8) is 0 Å². The van der Waals surface area contributed by atoms with Gasteiger partial charge in [-0.25, -0.2) is 0 Å². The fourth-order valence-corrected chi connectivity index (χ4v) is 3.21. The molecule has 1 aromatic carbocycles. The van der Waals surface area contributed by atoms with Crippen LogP contribution in [-0.4, -0.2) is 36.2 Å². The van der Waals surface area contributed by atoms with Crippen LogP contribution in [0.5, 0.6) is 0 Å². The lowest BCUT2D eigenvalue weighted by molar-refractivity contribution is -0.130. The summed E-state index contributed by atoms with van der Waals surface area (Å²) in [5.74, 6) is 0.554. The van der Waals surface area contributed by atoms with Gasteiger partial charge in [0.2, 0.25) is 5.91 Å². The van der Waals surface area contributed by atoms with Crippen LogP contribution >= 0.6 is 12.4 Å². The first-order valence-electron chi connectivity index (χ1n) is 9.24. The Hall–Kier alpha value is -1.39. The second-order valence-electron chi connectivity index (χ2n) is 6.81. The topological polar surface area (TPSA) is 63.4 Å². The summed E-state index contributed by atoms with van der Waals surface area (Å²) >= 11 is 0. The summed E-state index contributed by atoms with van der Waals surface area (Å²) in [4.78, 5) is 26.3. The van der Waals surface area contributed by atoms with Crippen molar-refractivity contribution in [2.45, 2.75) is 51.9 Å². The fraction of sp³-hybridized carbons (Fsp3) is 0.600. The molecule has 1 saturated heterocycles. The van der Waals surface area contributed by atoms with Crippen LogP contribution in [0.3, 0.4) is 0 Å². The maximum Gasteiger partial charge on any atom is 0.223 e. The van der Waals surface area contributed by atoms with Gasteiger partial charge in [0.05, 0.1) is 0 Å². The number of nitrogens with zero attached hydrogens (tertiary/aromatic N) is 1. The lowest BCUT2D eigenvalue weighted by Crippen LogP contribution is -2.30. The van der Waals surface area contributed by atoms with Gasteiger partial charge in [-0.1, -0.05) is 44.0 Å². The van der Waals surface area contributed by atoms with Crippen LogP contribution in [0.2, 0.25) is 0 Å². The predicted molar refractivity (Wildman–Crippen MR) is 104 cm³/mol. The van der Waals surface area contributed by atoms with Gasteiger partial charge in [0.15, 0.2) is 5.78 Å². The molecule has 1 atom stereocenters. The van der Waals surface area contributed by atoms with Gasteiger partial charge in [-0.15, -0.1) is 12.4 Å². The SMILES string of the molecule is CCCCCc1ccc(C(=O)CCC(=O)N2CCC(CN)C2)cc1.Cl. The molecule has 0 aromatic heterocycles. The molecule has 2 N–H and O–H groups in total. The van der Waals surface area contributed by atoms with Gasteiger partial charge in [0.1, 0.15) is 0 Å². The van der Waals surface area contributed by atoms with Crippen LogP contribution < -0.4 is 5.73 Å². The van der Waals surface area contributed by atoms with Crippen molar-refractivity contribution in [1.82, 2.24) is 4.90 Å². The van der Waals surface area contributed by atoms with Crippen LogP contribution in [-0.2, 0) is 11.2 Å². The Bertz CT molecular complexity index is 545. The number of unbranched alkanes of at least 4 members (excludes halogenated alkanes) is 2. The minimum Gasteiger partial charge on any atom is -0.342 e. The number of carbonyl (C=O) groups is 2. The molecule has 0 spiro atoms. The molecule has 140 valence electrons. The molecule has 4 nitrogen and oxygen atoms in total. The summed E-state index contributed by atoms with van der Waals surface area (Å²) in [5.41, 5.74) is 7.64. The highest BCUT2D eigenvalue weighted by molar-refractivity contribution is 5.98. The minimum absolute atomic E-state index is 0. The second kappa shape index (κ2) is 11.3. The zero-order valence-electron chi connectivity index (χ0n) is 15.2. The average Bonchev–Trinajstić information content (AvgIpc) is 3.09. The Labute approximate surface area is 157 Å². The van der Waals surface area contributed by atoms with Crippen molar-refractivity contribution in [3.8, 4) is 0 Å². The molecule has 1 amide bonds. The van der Waals surface area contributed by atoms with Crippen molar-refractivity contribution in [2.75, 3.05) is 19.6 Å². The summed E-state index contributed by atoms with van der Waals surface area (Å²) in [6, 6.07) is 7.87. The Morgan fingerprint density at radius 2 is 1.88 bits per heavy atom. The number of halogens is 1. The van der Waals surface area contributed by atoms with Crippen LogP contribution in [0.15, 0.2) is 24.3 Å². The first-order chi connectivity index (χ1) is 11.6. The maximum absolute atomic E-state index is 12.3. The number of rotatable bonds is 9. The Kier molecular flexibility index (Phi) is 9.76. The van der Waals surface area contributed by atoms with E-state index >= 15 is 0 Å². The highest BCUT2D eigenvalue weighted by atomic mass is 35.5. The highest BCUT2D eigenvalue weighted by Crippen LogP contribution is 2.17. The standard InChI is InChI=1S/C20H30N2O2.ClH/c1-2-3-4-5-16-6-8-18(9-7-16)19(23)10-11-20(24)22-13-12-17(14-21)15-22;/h6-9,17H,2-5,10-15,21H2,1H3;1H. The number of amides is 1.